The number of methoxy groups -OCH3 is 1. The largest absolute Gasteiger partial charge is 0.497 e. The van der Waals surface area contributed by atoms with Crippen LogP contribution < -0.4 is 10.1 Å². The monoisotopic (exact) mass is 347 g/mol. The molecule has 0 saturated carbocycles. The highest BCUT2D eigenvalue weighted by Crippen LogP contribution is 2.21. The van der Waals surface area contributed by atoms with Crippen molar-refractivity contribution in [2.45, 2.75) is 0 Å². The highest BCUT2D eigenvalue weighted by Gasteiger charge is 2.07. The Kier molecular flexibility index (Phi) is 5.24. The molecule has 0 fully saturated rings. The number of hydrogen-bond donors (Lipinski definition) is 1. The van der Waals surface area contributed by atoms with Gasteiger partial charge < -0.3 is 10.1 Å². The molecule has 0 bridgehead atoms. The molecule has 0 heterocycles. The normalized spacial score (nSPS) is 11.0. The predicted octanol–water partition coefficient (Wildman–Crippen LogP) is 4.79. The lowest BCUT2D eigenvalue weighted by atomic mass is 10.2. The van der Waals surface area contributed by atoms with Crippen molar-refractivity contribution in [1.29, 1.82) is 0 Å². The predicted molar refractivity (Wildman–Crippen MR) is 102 cm³/mol. The first-order valence-electron chi connectivity index (χ1n) is 7.95. The van der Waals surface area contributed by atoms with E-state index >= 15 is 0 Å². The van der Waals surface area contributed by atoms with Gasteiger partial charge in [-0.3, -0.25) is 10.1 Å². The second kappa shape index (κ2) is 7.94. The van der Waals surface area contributed by atoms with Crippen LogP contribution in [0.2, 0.25) is 0 Å². The summed E-state index contributed by atoms with van der Waals surface area (Å²) in [6, 6.07) is 23.3. The molecule has 0 atom stereocenters. The van der Waals surface area contributed by atoms with Crippen molar-refractivity contribution in [2.75, 3.05) is 12.4 Å². The van der Waals surface area contributed by atoms with E-state index in [-0.39, 0.29) is 5.69 Å². The van der Waals surface area contributed by atoms with Gasteiger partial charge in [0.05, 0.1) is 17.7 Å². The Hall–Kier alpha value is -3.67. The number of amidine groups is 1. The van der Waals surface area contributed by atoms with Crippen LogP contribution in [0.1, 0.15) is 5.56 Å². The third-order valence-corrected chi connectivity index (χ3v) is 3.70. The summed E-state index contributed by atoms with van der Waals surface area (Å²) < 4.78 is 5.20. The van der Waals surface area contributed by atoms with Crippen molar-refractivity contribution in [3.05, 3.63) is 94.5 Å². The van der Waals surface area contributed by atoms with Crippen LogP contribution in [0.4, 0.5) is 17.1 Å². The van der Waals surface area contributed by atoms with Crippen molar-refractivity contribution in [2.24, 2.45) is 4.99 Å². The van der Waals surface area contributed by atoms with Crippen molar-refractivity contribution < 1.29 is 9.66 Å². The molecule has 0 unspecified atom stereocenters. The van der Waals surface area contributed by atoms with Crippen LogP contribution in [0.5, 0.6) is 5.75 Å². The summed E-state index contributed by atoms with van der Waals surface area (Å²) in [5, 5.41) is 14.1. The third kappa shape index (κ3) is 4.24. The number of benzene rings is 3. The molecule has 3 aromatic carbocycles. The van der Waals surface area contributed by atoms with E-state index in [4.69, 9.17) is 4.74 Å². The van der Waals surface area contributed by atoms with Gasteiger partial charge in [-0.1, -0.05) is 18.2 Å². The highest BCUT2D eigenvalue weighted by molar-refractivity contribution is 6.09. The summed E-state index contributed by atoms with van der Waals surface area (Å²) in [4.78, 5) is 15.0. The van der Waals surface area contributed by atoms with Crippen molar-refractivity contribution in [3.63, 3.8) is 0 Å². The molecule has 0 aliphatic rings. The minimum atomic E-state index is -0.430. The lowest BCUT2D eigenvalue weighted by Gasteiger charge is -2.11. The molecule has 1 N–H and O–H groups in total. The quantitative estimate of drug-likeness (QED) is 0.311. The summed E-state index contributed by atoms with van der Waals surface area (Å²) in [5.74, 6) is 1.39. The maximum Gasteiger partial charge on any atom is 0.269 e. The second-order valence-electron chi connectivity index (χ2n) is 5.45. The van der Waals surface area contributed by atoms with Gasteiger partial charge in [0.15, 0.2) is 0 Å². The fourth-order valence-corrected chi connectivity index (χ4v) is 2.35. The van der Waals surface area contributed by atoms with Gasteiger partial charge in [0, 0.05) is 23.4 Å². The maximum absolute atomic E-state index is 10.8. The molecule has 3 rings (SSSR count). The Morgan fingerprint density at radius 2 is 1.62 bits per heavy atom. The first kappa shape index (κ1) is 17.2. The molecule has 6 heteroatoms. The maximum atomic E-state index is 10.8. The molecule has 0 aliphatic carbocycles. The van der Waals surface area contributed by atoms with Gasteiger partial charge in [0.25, 0.3) is 5.69 Å². The Morgan fingerprint density at radius 3 is 2.19 bits per heavy atom. The minimum Gasteiger partial charge on any atom is -0.497 e. The fraction of sp³-hybridized carbons (Fsp3) is 0.0500. The van der Waals surface area contributed by atoms with Crippen molar-refractivity contribution >= 4 is 22.9 Å². The molecule has 0 radical (unpaired) electrons. The van der Waals surface area contributed by atoms with E-state index in [0.29, 0.717) is 11.5 Å². The summed E-state index contributed by atoms with van der Waals surface area (Å²) in [7, 11) is 1.61. The van der Waals surface area contributed by atoms with E-state index in [1.807, 2.05) is 54.6 Å². The van der Waals surface area contributed by atoms with E-state index in [2.05, 4.69) is 10.3 Å². The standard InChI is InChI=1S/C20H17N3O3/c1-26-19-13-7-15(8-14-19)20(21-16-5-3-2-4-6-16)22-17-9-11-18(12-10-17)23(24)25/h2-14H,1H3,(H,21,22). The number of non-ortho nitro benzene ring substituents is 1. The average molecular weight is 347 g/mol. The van der Waals surface area contributed by atoms with Crippen LogP contribution in [-0.2, 0) is 0 Å². The minimum absolute atomic E-state index is 0.0333. The van der Waals surface area contributed by atoms with Gasteiger partial charge in [0.1, 0.15) is 11.6 Å². The molecule has 0 saturated heterocycles. The molecular formula is C20H17N3O3. The number of nitrogens with one attached hydrogen (secondary N) is 1. The second-order valence-corrected chi connectivity index (χ2v) is 5.45. The van der Waals surface area contributed by atoms with Gasteiger partial charge in [-0.25, -0.2) is 4.99 Å². The van der Waals surface area contributed by atoms with E-state index in [0.717, 1.165) is 17.0 Å². The van der Waals surface area contributed by atoms with Crippen LogP contribution >= 0.6 is 0 Å². The van der Waals surface area contributed by atoms with E-state index in [1.165, 1.54) is 12.1 Å². The molecule has 130 valence electrons. The van der Waals surface area contributed by atoms with Crippen LogP contribution in [0.25, 0.3) is 0 Å². The SMILES string of the molecule is COc1ccc(C(=Nc2ccc([N+](=O)[O-])cc2)Nc2ccccc2)cc1. The van der Waals surface area contributed by atoms with Gasteiger partial charge in [-0.15, -0.1) is 0 Å². The lowest BCUT2D eigenvalue weighted by molar-refractivity contribution is -0.384. The Morgan fingerprint density at radius 1 is 0.962 bits per heavy atom. The number of nitrogens with zero attached hydrogens (tertiary/aromatic N) is 2. The molecule has 0 aromatic heterocycles. The zero-order chi connectivity index (χ0) is 18.4. The van der Waals surface area contributed by atoms with Crippen LogP contribution in [0.3, 0.4) is 0 Å². The van der Waals surface area contributed by atoms with E-state index in [9.17, 15) is 10.1 Å². The summed E-state index contributed by atoms with van der Waals surface area (Å²) in [6.07, 6.45) is 0. The molecular weight excluding hydrogens is 330 g/mol. The van der Waals surface area contributed by atoms with Gasteiger partial charge in [0.2, 0.25) is 0 Å². The average Bonchev–Trinajstić information content (AvgIpc) is 2.69. The Labute approximate surface area is 150 Å². The summed E-state index contributed by atoms with van der Waals surface area (Å²) in [5.41, 5.74) is 2.41. The molecule has 0 amide bonds. The number of aliphatic imine (C=N–C) groups is 1. The number of anilines is 1. The van der Waals surface area contributed by atoms with Gasteiger partial charge in [-0.05, 0) is 48.5 Å². The van der Waals surface area contributed by atoms with E-state index < -0.39 is 4.92 Å². The molecule has 6 nitrogen and oxygen atoms in total. The lowest BCUT2D eigenvalue weighted by Crippen LogP contribution is -2.13. The number of ether oxygens (including phenoxy) is 1. The Bertz CT molecular complexity index is 905. The number of hydrogen-bond acceptors (Lipinski definition) is 4. The van der Waals surface area contributed by atoms with Crippen LogP contribution in [-0.4, -0.2) is 17.9 Å². The number of para-hydroxylation sites is 1. The fourth-order valence-electron chi connectivity index (χ4n) is 2.35. The van der Waals surface area contributed by atoms with Crippen LogP contribution in [0.15, 0.2) is 83.9 Å². The van der Waals surface area contributed by atoms with Crippen molar-refractivity contribution in [3.8, 4) is 5.75 Å². The molecule has 26 heavy (non-hydrogen) atoms. The first-order valence-corrected chi connectivity index (χ1v) is 7.95. The highest BCUT2D eigenvalue weighted by atomic mass is 16.6. The Balaban J connectivity index is 1.96. The molecule has 0 spiro atoms. The number of rotatable bonds is 5. The smallest absolute Gasteiger partial charge is 0.269 e. The molecule has 3 aromatic rings. The number of nitro groups is 1. The zero-order valence-corrected chi connectivity index (χ0v) is 14.1. The zero-order valence-electron chi connectivity index (χ0n) is 14.1. The molecule has 0 aliphatic heterocycles. The van der Waals surface area contributed by atoms with Crippen molar-refractivity contribution in [1.82, 2.24) is 0 Å². The summed E-state index contributed by atoms with van der Waals surface area (Å²) >= 11 is 0. The van der Waals surface area contributed by atoms with E-state index in [1.54, 1.807) is 19.2 Å². The third-order valence-electron chi connectivity index (χ3n) is 3.70. The first-order chi connectivity index (χ1) is 12.7. The van der Waals surface area contributed by atoms with Gasteiger partial charge in [-0.2, -0.15) is 0 Å². The summed E-state index contributed by atoms with van der Waals surface area (Å²) in [6.45, 7) is 0. The van der Waals surface area contributed by atoms with Crippen LogP contribution in [0, 0.1) is 10.1 Å². The van der Waals surface area contributed by atoms with Gasteiger partial charge >= 0.3 is 0 Å². The topological polar surface area (TPSA) is 76.8 Å². The number of nitro benzene ring substituents is 1.